The zero-order valence-electron chi connectivity index (χ0n) is 9.75. The number of benzene rings is 2. The van der Waals surface area contributed by atoms with Gasteiger partial charge >= 0.3 is 0 Å². The Hall–Kier alpha value is -0.710. The lowest BCUT2D eigenvalue weighted by atomic mass is 9.85. The average molecular weight is 373 g/mol. The van der Waals surface area contributed by atoms with E-state index in [2.05, 4.69) is 31.9 Å². The molecule has 0 bridgehead atoms. The highest BCUT2D eigenvalue weighted by Gasteiger charge is 2.27. The Balaban J connectivity index is 2.54. The molecule has 2 rings (SSSR count). The topological polar surface area (TPSA) is 26.0 Å². The average Bonchev–Trinajstić information content (AvgIpc) is 2.33. The summed E-state index contributed by atoms with van der Waals surface area (Å²) in [5.41, 5.74) is 6.77. The van der Waals surface area contributed by atoms with Crippen molar-refractivity contribution in [1.29, 1.82) is 0 Å². The van der Waals surface area contributed by atoms with Gasteiger partial charge in [0.15, 0.2) is 0 Å². The Morgan fingerprint density at radius 3 is 2.28 bits per heavy atom. The maximum absolute atomic E-state index is 14.1. The highest BCUT2D eigenvalue weighted by Crippen LogP contribution is 2.32. The van der Waals surface area contributed by atoms with E-state index in [9.17, 15) is 4.39 Å². The van der Waals surface area contributed by atoms with Crippen molar-refractivity contribution < 1.29 is 4.39 Å². The Morgan fingerprint density at radius 1 is 1.06 bits per heavy atom. The molecule has 0 saturated carbocycles. The van der Waals surface area contributed by atoms with Crippen LogP contribution in [0.25, 0.3) is 0 Å². The molecule has 0 aromatic heterocycles. The van der Waals surface area contributed by atoms with Crippen molar-refractivity contribution in [3.8, 4) is 0 Å². The highest BCUT2D eigenvalue weighted by molar-refractivity contribution is 9.10. The quantitative estimate of drug-likeness (QED) is 0.820. The van der Waals surface area contributed by atoms with Crippen LogP contribution in [0.4, 0.5) is 4.39 Å². The fourth-order valence-corrected chi connectivity index (χ4v) is 2.49. The molecule has 0 fully saturated rings. The number of nitrogens with two attached hydrogens (primary N) is 1. The number of hydrogen-bond acceptors (Lipinski definition) is 1. The first-order valence-corrected chi connectivity index (χ1v) is 7.01. The second-order valence-electron chi connectivity index (χ2n) is 4.31. The van der Waals surface area contributed by atoms with Crippen LogP contribution in [-0.2, 0) is 5.54 Å². The molecule has 2 aromatic rings. The summed E-state index contributed by atoms with van der Waals surface area (Å²) in [5.74, 6) is -0.314. The lowest BCUT2D eigenvalue weighted by Gasteiger charge is -2.26. The van der Waals surface area contributed by atoms with Gasteiger partial charge in [0, 0.05) is 10.0 Å². The highest BCUT2D eigenvalue weighted by atomic mass is 79.9. The monoisotopic (exact) mass is 371 g/mol. The maximum atomic E-state index is 14.1. The molecule has 2 N–H and O–H groups in total. The van der Waals surface area contributed by atoms with E-state index < -0.39 is 5.54 Å². The Kier molecular flexibility index (Phi) is 3.90. The molecule has 0 spiro atoms. The van der Waals surface area contributed by atoms with Crippen molar-refractivity contribution in [2.75, 3.05) is 0 Å². The molecule has 94 valence electrons. The second-order valence-corrected chi connectivity index (χ2v) is 6.08. The molecular formula is C14H12Br2FN. The minimum absolute atomic E-state index is 0.314. The largest absolute Gasteiger partial charge is 0.318 e. The molecular weight excluding hydrogens is 361 g/mol. The van der Waals surface area contributed by atoms with Crippen LogP contribution in [0.15, 0.2) is 51.4 Å². The lowest BCUT2D eigenvalue weighted by molar-refractivity contribution is 0.527. The molecule has 0 radical (unpaired) electrons. The van der Waals surface area contributed by atoms with Gasteiger partial charge in [-0.1, -0.05) is 40.2 Å². The molecule has 18 heavy (non-hydrogen) atoms. The number of rotatable bonds is 2. The molecule has 0 aliphatic heterocycles. The van der Waals surface area contributed by atoms with Crippen LogP contribution < -0.4 is 5.73 Å². The fraction of sp³-hybridized carbons (Fsp3) is 0.143. The smallest absolute Gasteiger partial charge is 0.142 e. The number of hydrogen-bond donors (Lipinski definition) is 1. The third kappa shape index (κ3) is 2.51. The van der Waals surface area contributed by atoms with E-state index in [0.717, 1.165) is 10.0 Å². The van der Waals surface area contributed by atoms with Gasteiger partial charge in [0.2, 0.25) is 0 Å². The predicted octanol–water partition coefficient (Wildman–Crippen LogP) is 4.57. The van der Waals surface area contributed by atoms with Crippen LogP contribution in [0.1, 0.15) is 18.1 Å². The summed E-state index contributed by atoms with van der Waals surface area (Å²) in [7, 11) is 0. The van der Waals surface area contributed by atoms with Crippen molar-refractivity contribution in [3.63, 3.8) is 0 Å². The minimum atomic E-state index is -0.867. The van der Waals surface area contributed by atoms with Crippen molar-refractivity contribution >= 4 is 31.9 Å². The molecule has 1 atom stereocenters. The zero-order chi connectivity index (χ0) is 13.3. The fourth-order valence-electron chi connectivity index (χ4n) is 1.86. The molecule has 0 amide bonds. The first-order chi connectivity index (χ1) is 8.43. The number of halogens is 3. The van der Waals surface area contributed by atoms with Gasteiger partial charge in [-0.25, -0.2) is 4.39 Å². The molecule has 1 nitrogen and oxygen atoms in total. The molecule has 0 heterocycles. The van der Waals surface area contributed by atoms with Crippen molar-refractivity contribution in [2.45, 2.75) is 12.5 Å². The van der Waals surface area contributed by atoms with Crippen LogP contribution in [0.5, 0.6) is 0 Å². The first-order valence-electron chi connectivity index (χ1n) is 5.42. The summed E-state index contributed by atoms with van der Waals surface area (Å²) >= 11 is 6.56. The summed E-state index contributed by atoms with van der Waals surface area (Å²) in [6.45, 7) is 1.81. The first kappa shape index (κ1) is 13.7. The van der Waals surface area contributed by atoms with Crippen LogP contribution in [-0.4, -0.2) is 0 Å². The molecule has 1 unspecified atom stereocenters. The molecule has 4 heteroatoms. The summed E-state index contributed by atoms with van der Waals surface area (Å²) in [6.07, 6.45) is 0. The van der Waals surface area contributed by atoms with Crippen LogP contribution in [0.3, 0.4) is 0 Å². The second kappa shape index (κ2) is 5.11. The van der Waals surface area contributed by atoms with E-state index in [0.29, 0.717) is 10.0 Å². The van der Waals surface area contributed by atoms with Gasteiger partial charge in [-0.2, -0.15) is 0 Å². The standard InChI is InChI=1S/C14H12Br2FN/c1-14(18,9-5-7-10(15)8-6-9)11-3-2-4-12(16)13(11)17/h2-8H,18H2,1H3. The summed E-state index contributed by atoms with van der Waals surface area (Å²) in [4.78, 5) is 0. The Bertz CT molecular complexity index is 565. The van der Waals surface area contributed by atoms with Gasteiger partial charge in [0.1, 0.15) is 5.82 Å². The van der Waals surface area contributed by atoms with Crippen LogP contribution in [0.2, 0.25) is 0 Å². The van der Waals surface area contributed by atoms with Crippen molar-refractivity contribution in [1.82, 2.24) is 0 Å². The molecule has 0 saturated heterocycles. The van der Waals surface area contributed by atoms with E-state index in [-0.39, 0.29) is 5.82 Å². The van der Waals surface area contributed by atoms with Crippen LogP contribution in [0, 0.1) is 5.82 Å². The summed E-state index contributed by atoms with van der Waals surface area (Å²) in [6, 6.07) is 12.7. The van der Waals surface area contributed by atoms with E-state index >= 15 is 0 Å². The minimum Gasteiger partial charge on any atom is -0.318 e. The van der Waals surface area contributed by atoms with Gasteiger partial charge < -0.3 is 5.73 Å². The van der Waals surface area contributed by atoms with Gasteiger partial charge in [0.05, 0.1) is 10.0 Å². The van der Waals surface area contributed by atoms with E-state index in [1.54, 1.807) is 25.1 Å². The molecule has 0 aliphatic rings. The van der Waals surface area contributed by atoms with Gasteiger partial charge in [-0.15, -0.1) is 0 Å². The summed E-state index contributed by atoms with van der Waals surface area (Å²) in [5, 5.41) is 0. The Morgan fingerprint density at radius 2 is 1.67 bits per heavy atom. The zero-order valence-corrected chi connectivity index (χ0v) is 12.9. The van der Waals surface area contributed by atoms with Gasteiger partial charge in [-0.05, 0) is 46.6 Å². The SMILES string of the molecule is CC(N)(c1ccc(Br)cc1)c1cccc(Br)c1F. The normalized spacial score (nSPS) is 14.3. The van der Waals surface area contributed by atoms with Crippen LogP contribution >= 0.6 is 31.9 Å². The van der Waals surface area contributed by atoms with Gasteiger partial charge in [-0.3, -0.25) is 0 Å². The molecule has 2 aromatic carbocycles. The third-order valence-electron chi connectivity index (χ3n) is 2.96. The van der Waals surface area contributed by atoms with Crippen molar-refractivity contribution in [2.24, 2.45) is 5.73 Å². The van der Waals surface area contributed by atoms with E-state index in [4.69, 9.17) is 5.73 Å². The van der Waals surface area contributed by atoms with E-state index in [1.165, 1.54) is 0 Å². The Labute approximate surface area is 122 Å². The lowest BCUT2D eigenvalue weighted by Crippen LogP contribution is -2.35. The van der Waals surface area contributed by atoms with Crippen molar-refractivity contribution in [3.05, 3.63) is 68.4 Å². The van der Waals surface area contributed by atoms with Gasteiger partial charge in [0.25, 0.3) is 0 Å². The molecule has 0 aliphatic carbocycles. The maximum Gasteiger partial charge on any atom is 0.142 e. The van der Waals surface area contributed by atoms with E-state index in [1.807, 2.05) is 24.3 Å². The third-order valence-corrected chi connectivity index (χ3v) is 4.10. The summed E-state index contributed by atoms with van der Waals surface area (Å²) < 4.78 is 15.5. The predicted molar refractivity (Wildman–Crippen MR) is 78.9 cm³/mol.